The normalized spacial score (nSPS) is 22.5. The van der Waals surface area contributed by atoms with Crippen molar-refractivity contribution in [3.63, 3.8) is 0 Å². The van der Waals surface area contributed by atoms with E-state index in [0.29, 0.717) is 30.2 Å². The number of anilines is 1. The molecule has 1 aliphatic rings. The van der Waals surface area contributed by atoms with Crippen molar-refractivity contribution in [2.75, 3.05) is 39.2 Å². The molecule has 1 N–H and O–H groups in total. The number of hydrogen-bond donors (Lipinski definition) is 1. The lowest BCUT2D eigenvalue weighted by Crippen LogP contribution is -2.46. The van der Waals surface area contributed by atoms with Crippen molar-refractivity contribution >= 4 is 17.5 Å². The Labute approximate surface area is 195 Å². The zero-order valence-corrected chi connectivity index (χ0v) is 20.1. The molecular weight excluding hydrogens is 420 g/mol. The minimum absolute atomic E-state index is 0.0645. The molecule has 1 aromatic heterocycles. The Morgan fingerprint density at radius 3 is 2.73 bits per heavy atom. The summed E-state index contributed by atoms with van der Waals surface area (Å²) in [5.41, 5.74) is 2.17. The molecule has 2 amide bonds. The van der Waals surface area contributed by atoms with Crippen LogP contribution in [0.3, 0.4) is 0 Å². The average Bonchev–Trinajstić information content (AvgIpc) is 2.79. The van der Waals surface area contributed by atoms with Gasteiger partial charge in [0.1, 0.15) is 12.4 Å². The average molecular weight is 455 g/mol. The molecule has 0 unspecified atom stereocenters. The molecule has 0 fully saturated rings. The zero-order valence-electron chi connectivity index (χ0n) is 20.1. The van der Waals surface area contributed by atoms with Crippen LogP contribution in [-0.2, 0) is 16.1 Å². The van der Waals surface area contributed by atoms with Crippen LogP contribution in [0.15, 0.2) is 42.7 Å². The van der Waals surface area contributed by atoms with E-state index in [1.54, 1.807) is 43.5 Å². The third kappa shape index (κ3) is 6.52. The summed E-state index contributed by atoms with van der Waals surface area (Å²) in [4.78, 5) is 33.0. The lowest BCUT2D eigenvalue weighted by Gasteiger charge is -2.36. The van der Waals surface area contributed by atoms with Crippen LogP contribution in [0.4, 0.5) is 5.69 Å². The van der Waals surface area contributed by atoms with Crippen LogP contribution in [0.25, 0.3) is 0 Å². The van der Waals surface area contributed by atoms with Crippen LogP contribution >= 0.6 is 0 Å². The molecule has 178 valence electrons. The largest absolute Gasteiger partial charge is 0.491 e. The Bertz CT molecular complexity index is 953. The summed E-state index contributed by atoms with van der Waals surface area (Å²) in [5.74, 6) is 0.313. The van der Waals surface area contributed by atoms with Gasteiger partial charge in [-0.15, -0.1) is 0 Å². The predicted octanol–water partition coefficient (Wildman–Crippen LogP) is 3.05. The van der Waals surface area contributed by atoms with Gasteiger partial charge in [-0.1, -0.05) is 13.0 Å². The van der Waals surface area contributed by atoms with Crippen molar-refractivity contribution in [2.45, 2.75) is 39.5 Å². The van der Waals surface area contributed by atoms with E-state index in [1.807, 2.05) is 12.3 Å². The summed E-state index contributed by atoms with van der Waals surface area (Å²) >= 11 is 0. The van der Waals surface area contributed by atoms with Crippen molar-refractivity contribution in [1.29, 1.82) is 0 Å². The molecular formula is C25H34N4O4. The van der Waals surface area contributed by atoms with E-state index in [1.165, 1.54) is 6.92 Å². The molecule has 0 saturated carbocycles. The Kier molecular flexibility index (Phi) is 8.41. The molecule has 8 nitrogen and oxygen atoms in total. The van der Waals surface area contributed by atoms with Gasteiger partial charge in [-0.3, -0.25) is 19.5 Å². The maximum Gasteiger partial charge on any atom is 0.257 e. The molecule has 3 rings (SSSR count). The first-order valence-electron chi connectivity index (χ1n) is 11.2. The van der Waals surface area contributed by atoms with Crippen molar-refractivity contribution in [1.82, 2.24) is 14.8 Å². The number of aromatic nitrogens is 1. The molecule has 33 heavy (non-hydrogen) atoms. The second-order valence-corrected chi connectivity index (χ2v) is 8.78. The Hall–Kier alpha value is -2.97. The number of amides is 2. The summed E-state index contributed by atoms with van der Waals surface area (Å²) < 4.78 is 12.0. The number of nitrogens with zero attached hydrogens (tertiary/aromatic N) is 3. The standard InChI is InChI=1S/C25H34N4O4/c1-17-13-29(14-20-7-6-10-26-12-20)18(2)16-33-23-11-21(27-19(3)30)8-9-22(23)25(31)28(4)15-24(17)32-5/h6-12,17-18,24H,13-16H2,1-5H3,(H,27,30)/t17-,18-,24-/m1/s1. The van der Waals surface area contributed by atoms with Gasteiger partial charge in [0.05, 0.1) is 11.7 Å². The van der Waals surface area contributed by atoms with Gasteiger partial charge in [0.2, 0.25) is 5.91 Å². The van der Waals surface area contributed by atoms with Crippen LogP contribution in [0.2, 0.25) is 0 Å². The second kappa shape index (κ2) is 11.2. The summed E-state index contributed by atoms with van der Waals surface area (Å²) in [7, 11) is 3.46. The lowest BCUT2D eigenvalue weighted by molar-refractivity contribution is -0.114. The van der Waals surface area contributed by atoms with Gasteiger partial charge in [-0.2, -0.15) is 0 Å². The Morgan fingerprint density at radius 2 is 2.06 bits per heavy atom. The molecule has 8 heteroatoms. The summed E-state index contributed by atoms with van der Waals surface area (Å²) in [5, 5.41) is 2.76. The van der Waals surface area contributed by atoms with E-state index >= 15 is 0 Å². The Balaban J connectivity index is 1.94. The van der Waals surface area contributed by atoms with Gasteiger partial charge in [0, 0.05) is 70.9 Å². The topological polar surface area (TPSA) is 84.0 Å². The lowest BCUT2D eigenvalue weighted by atomic mass is 10.0. The molecule has 1 aliphatic heterocycles. The number of carbonyl (C=O) groups is 2. The fraction of sp³-hybridized carbons (Fsp3) is 0.480. The zero-order chi connectivity index (χ0) is 24.0. The fourth-order valence-corrected chi connectivity index (χ4v) is 4.07. The van der Waals surface area contributed by atoms with Gasteiger partial charge in [0.15, 0.2) is 0 Å². The van der Waals surface area contributed by atoms with Crippen LogP contribution in [0, 0.1) is 5.92 Å². The number of methoxy groups -OCH3 is 1. The highest BCUT2D eigenvalue weighted by molar-refractivity contribution is 5.98. The quantitative estimate of drug-likeness (QED) is 0.765. The molecule has 1 aromatic carbocycles. The van der Waals surface area contributed by atoms with Gasteiger partial charge in [-0.25, -0.2) is 0 Å². The first-order valence-corrected chi connectivity index (χ1v) is 11.2. The minimum atomic E-state index is -0.181. The minimum Gasteiger partial charge on any atom is -0.491 e. The van der Waals surface area contributed by atoms with E-state index in [9.17, 15) is 9.59 Å². The number of benzene rings is 1. The van der Waals surface area contributed by atoms with Crippen LogP contribution in [0.5, 0.6) is 5.75 Å². The molecule has 0 radical (unpaired) electrons. The van der Waals surface area contributed by atoms with Crippen molar-refractivity contribution in [2.24, 2.45) is 5.92 Å². The number of likely N-dealkylation sites (N-methyl/N-ethyl adjacent to an activating group) is 1. The van der Waals surface area contributed by atoms with E-state index in [0.717, 1.165) is 18.7 Å². The van der Waals surface area contributed by atoms with Crippen molar-refractivity contribution < 1.29 is 19.1 Å². The smallest absolute Gasteiger partial charge is 0.257 e. The predicted molar refractivity (Wildman–Crippen MR) is 127 cm³/mol. The second-order valence-electron chi connectivity index (χ2n) is 8.78. The highest BCUT2D eigenvalue weighted by Crippen LogP contribution is 2.27. The van der Waals surface area contributed by atoms with E-state index in [4.69, 9.17) is 9.47 Å². The van der Waals surface area contributed by atoms with Crippen molar-refractivity contribution in [3.05, 3.63) is 53.9 Å². The van der Waals surface area contributed by atoms with Gasteiger partial charge >= 0.3 is 0 Å². The van der Waals surface area contributed by atoms with E-state index in [2.05, 4.69) is 35.1 Å². The summed E-state index contributed by atoms with van der Waals surface area (Å²) in [6.07, 6.45) is 3.53. The molecule has 2 heterocycles. The fourth-order valence-electron chi connectivity index (χ4n) is 4.07. The highest BCUT2D eigenvalue weighted by atomic mass is 16.5. The maximum absolute atomic E-state index is 13.2. The number of pyridine rings is 1. The van der Waals surface area contributed by atoms with Crippen LogP contribution in [-0.4, -0.2) is 72.6 Å². The molecule has 2 aromatic rings. The third-order valence-corrected chi connectivity index (χ3v) is 6.00. The Morgan fingerprint density at radius 1 is 1.27 bits per heavy atom. The van der Waals surface area contributed by atoms with Gasteiger partial charge in [0.25, 0.3) is 5.91 Å². The highest BCUT2D eigenvalue weighted by Gasteiger charge is 2.28. The first-order chi connectivity index (χ1) is 15.8. The van der Waals surface area contributed by atoms with Crippen LogP contribution < -0.4 is 10.1 Å². The molecule has 0 saturated heterocycles. The number of rotatable bonds is 4. The van der Waals surface area contributed by atoms with Crippen molar-refractivity contribution in [3.8, 4) is 5.75 Å². The summed E-state index contributed by atoms with van der Waals surface area (Å²) in [6, 6.07) is 9.20. The molecule has 0 bridgehead atoms. The number of ether oxygens (including phenoxy) is 2. The van der Waals surface area contributed by atoms with E-state index < -0.39 is 0 Å². The SMILES string of the molecule is CO[C@@H]1CN(C)C(=O)c2ccc(NC(C)=O)cc2OC[C@@H](C)N(Cc2cccnc2)C[C@H]1C. The van der Waals surface area contributed by atoms with Crippen LogP contribution in [0.1, 0.15) is 36.7 Å². The number of nitrogens with one attached hydrogen (secondary N) is 1. The van der Waals surface area contributed by atoms with Gasteiger partial charge < -0.3 is 19.7 Å². The van der Waals surface area contributed by atoms with E-state index in [-0.39, 0.29) is 29.9 Å². The number of fused-ring (bicyclic) bond motifs is 1. The summed E-state index contributed by atoms with van der Waals surface area (Å²) in [6.45, 7) is 8.06. The maximum atomic E-state index is 13.2. The monoisotopic (exact) mass is 454 g/mol. The number of carbonyl (C=O) groups excluding carboxylic acids is 2. The first kappa shape index (κ1) is 24.7. The molecule has 0 aliphatic carbocycles. The molecule has 0 spiro atoms. The number of hydrogen-bond acceptors (Lipinski definition) is 6. The third-order valence-electron chi connectivity index (χ3n) is 6.00. The molecule has 3 atom stereocenters. The van der Waals surface area contributed by atoms with Gasteiger partial charge in [-0.05, 0) is 36.6 Å².